The van der Waals surface area contributed by atoms with Gasteiger partial charge in [-0.05, 0) is 38.3 Å². The first-order valence-corrected chi connectivity index (χ1v) is 10.5. The predicted octanol–water partition coefficient (Wildman–Crippen LogP) is 2.33. The largest absolute Gasteiger partial charge is 0.489 e. The van der Waals surface area contributed by atoms with Gasteiger partial charge in [0.05, 0.1) is 12.6 Å². The summed E-state index contributed by atoms with van der Waals surface area (Å²) in [6, 6.07) is 6.19. The number of hydrogen-bond acceptors (Lipinski definition) is 5. The predicted molar refractivity (Wildman–Crippen MR) is 113 cm³/mol. The number of hydrogen-bond donors (Lipinski definition) is 2. The minimum absolute atomic E-state index is 0.126. The van der Waals surface area contributed by atoms with E-state index >= 15 is 0 Å². The first kappa shape index (κ1) is 22.0. The molecule has 2 heterocycles. The van der Waals surface area contributed by atoms with Gasteiger partial charge in [0.2, 0.25) is 0 Å². The van der Waals surface area contributed by atoms with E-state index in [1.807, 2.05) is 25.5 Å². The van der Waals surface area contributed by atoms with Crippen molar-refractivity contribution in [3.63, 3.8) is 0 Å². The van der Waals surface area contributed by atoms with Crippen molar-refractivity contribution >= 4 is 5.96 Å². The maximum Gasteiger partial charge on any atom is 0.191 e. The van der Waals surface area contributed by atoms with Crippen LogP contribution in [0, 0.1) is 12.7 Å². The minimum Gasteiger partial charge on any atom is -0.489 e. The Balaban J connectivity index is 1.60. The van der Waals surface area contributed by atoms with Gasteiger partial charge in [0.1, 0.15) is 30.0 Å². The Morgan fingerprint density at radius 2 is 2.27 bits per heavy atom. The van der Waals surface area contributed by atoms with E-state index in [0.717, 1.165) is 37.5 Å². The second-order valence-electron chi connectivity index (χ2n) is 7.39. The number of nitrogens with zero attached hydrogens (tertiary/aromatic N) is 4. The fourth-order valence-electron chi connectivity index (χ4n) is 3.14. The lowest BCUT2D eigenvalue weighted by molar-refractivity contribution is 0.113. The molecule has 1 aromatic carbocycles. The molecule has 0 spiro atoms. The zero-order valence-electron chi connectivity index (χ0n) is 17.9. The van der Waals surface area contributed by atoms with Crippen LogP contribution in [0.4, 0.5) is 4.39 Å². The maximum atomic E-state index is 13.4. The molecule has 0 radical (unpaired) electrons. The van der Waals surface area contributed by atoms with Gasteiger partial charge < -0.3 is 24.7 Å². The molecule has 2 unspecified atom stereocenters. The van der Waals surface area contributed by atoms with Crippen LogP contribution in [0.2, 0.25) is 0 Å². The average Bonchev–Trinajstić information content (AvgIpc) is 3.37. The number of ether oxygens (including phenoxy) is 2. The number of rotatable bonds is 9. The standard InChI is InChI=1S/C21H31FN6O2/c1-4-17(30-18-8-5-7-16(22)11-18)12-23-21(24-13-19-9-6-10-29-19)25-14-20-27-26-15(2)28(20)3/h5,7-8,11,17,19H,4,6,9-10,12-14H2,1-3H3,(H2,23,24,25). The zero-order chi connectivity index (χ0) is 21.3. The summed E-state index contributed by atoms with van der Waals surface area (Å²) in [6.07, 6.45) is 2.97. The Morgan fingerprint density at radius 1 is 1.40 bits per heavy atom. The quantitative estimate of drug-likeness (QED) is 0.480. The van der Waals surface area contributed by atoms with Gasteiger partial charge in [-0.15, -0.1) is 10.2 Å². The third-order valence-corrected chi connectivity index (χ3v) is 5.13. The smallest absolute Gasteiger partial charge is 0.191 e. The van der Waals surface area contributed by atoms with E-state index in [2.05, 4.69) is 25.8 Å². The third kappa shape index (κ3) is 6.41. The van der Waals surface area contributed by atoms with Gasteiger partial charge in [0.15, 0.2) is 11.8 Å². The Morgan fingerprint density at radius 3 is 2.93 bits per heavy atom. The molecule has 1 aliphatic heterocycles. The number of aliphatic imine (C=N–C) groups is 1. The molecule has 1 aliphatic rings. The second kappa shape index (κ2) is 10.9. The summed E-state index contributed by atoms with van der Waals surface area (Å²) in [5.41, 5.74) is 0. The highest BCUT2D eigenvalue weighted by atomic mass is 19.1. The van der Waals surface area contributed by atoms with E-state index in [-0.39, 0.29) is 18.0 Å². The van der Waals surface area contributed by atoms with E-state index in [4.69, 9.17) is 9.47 Å². The van der Waals surface area contributed by atoms with Crippen molar-refractivity contribution < 1.29 is 13.9 Å². The van der Waals surface area contributed by atoms with Gasteiger partial charge in [-0.25, -0.2) is 9.38 Å². The molecule has 0 amide bonds. The van der Waals surface area contributed by atoms with Crippen LogP contribution in [0.1, 0.15) is 37.8 Å². The molecule has 2 aromatic rings. The first-order chi connectivity index (χ1) is 14.5. The minimum atomic E-state index is -0.310. The van der Waals surface area contributed by atoms with Crippen molar-refractivity contribution in [2.24, 2.45) is 12.0 Å². The van der Waals surface area contributed by atoms with Crippen molar-refractivity contribution in [3.8, 4) is 5.75 Å². The van der Waals surface area contributed by atoms with E-state index in [1.54, 1.807) is 12.1 Å². The summed E-state index contributed by atoms with van der Waals surface area (Å²) in [5.74, 6) is 2.50. The van der Waals surface area contributed by atoms with Gasteiger partial charge in [-0.1, -0.05) is 13.0 Å². The Labute approximate surface area is 176 Å². The highest BCUT2D eigenvalue weighted by molar-refractivity contribution is 5.79. The molecule has 1 saturated heterocycles. The second-order valence-corrected chi connectivity index (χ2v) is 7.39. The molecule has 0 bridgehead atoms. The number of aromatic nitrogens is 3. The molecule has 164 valence electrons. The molecule has 1 aromatic heterocycles. The summed E-state index contributed by atoms with van der Waals surface area (Å²) < 4.78 is 27.0. The van der Waals surface area contributed by atoms with Gasteiger partial charge in [-0.2, -0.15) is 0 Å². The summed E-state index contributed by atoms with van der Waals surface area (Å²) in [5, 5.41) is 14.9. The number of aryl methyl sites for hydroxylation is 1. The van der Waals surface area contributed by atoms with Crippen molar-refractivity contribution in [3.05, 3.63) is 41.7 Å². The Bertz CT molecular complexity index is 835. The maximum absolute atomic E-state index is 13.4. The Hall–Kier alpha value is -2.68. The molecular weight excluding hydrogens is 387 g/mol. The van der Waals surface area contributed by atoms with Crippen LogP contribution in [-0.2, 0) is 18.3 Å². The lowest BCUT2D eigenvalue weighted by Gasteiger charge is -2.21. The molecule has 0 saturated carbocycles. The van der Waals surface area contributed by atoms with Crippen molar-refractivity contribution in [1.29, 1.82) is 0 Å². The molecule has 8 nitrogen and oxygen atoms in total. The SMILES string of the molecule is CCC(CNC(=NCc1nnc(C)n1C)NCC1CCCO1)Oc1cccc(F)c1. The van der Waals surface area contributed by atoms with E-state index in [1.165, 1.54) is 12.1 Å². The van der Waals surface area contributed by atoms with Crippen LogP contribution < -0.4 is 15.4 Å². The van der Waals surface area contributed by atoms with Crippen molar-refractivity contribution in [2.75, 3.05) is 19.7 Å². The van der Waals surface area contributed by atoms with Gasteiger partial charge in [-0.3, -0.25) is 0 Å². The molecule has 2 N–H and O–H groups in total. The van der Waals surface area contributed by atoms with E-state index in [0.29, 0.717) is 31.3 Å². The summed E-state index contributed by atoms with van der Waals surface area (Å²) >= 11 is 0. The van der Waals surface area contributed by atoms with Crippen LogP contribution in [0.25, 0.3) is 0 Å². The number of benzene rings is 1. The molecule has 3 rings (SSSR count). The van der Waals surface area contributed by atoms with Gasteiger partial charge >= 0.3 is 0 Å². The van der Waals surface area contributed by atoms with Crippen LogP contribution in [-0.4, -0.2) is 52.6 Å². The zero-order valence-corrected chi connectivity index (χ0v) is 17.9. The van der Waals surface area contributed by atoms with Crippen LogP contribution in [0.5, 0.6) is 5.75 Å². The van der Waals surface area contributed by atoms with E-state index < -0.39 is 0 Å². The van der Waals surface area contributed by atoms with Gasteiger partial charge in [0, 0.05) is 26.3 Å². The first-order valence-electron chi connectivity index (χ1n) is 10.5. The highest BCUT2D eigenvalue weighted by Gasteiger charge is 2.17. The van der Waals surface area contributed by atoms with Gasteiger partial charge in [0.25, 0.3) is 0 Å². The van der Waals surface area contributed by atoms with Crippen molar-refractivity contribution in [2.45, 2.75) is 51.9 Å². The number of halogens is 1. The molecule has 0 aliphatic carbocycles. The molecule has 2 atom stereocenters. The summed E-state index contributed by atoms with van der Waals surface area (Å²) in [7, 11) is 1.92. The molecule has 9 heteroatoms. The fourth-order valence-corrected chi connectivity index (χ4v) is 3.14. The normalized spacial score (nSPS) is 17.7. The molecular formula is C21H31FN6O2. The highest BCUT2D eigenvalue weighted by Crippen LogP contribution is 2.15. The third-order valence-electron chi connectivity index (χ3n) is 5.13. The lowest BCUT2D eigenvalue weighted by Crippen LogP contribution is -2.44. The summed E-state index contributed by atoms with van der Waals surface area (Å²) in [4.78, 5) is 4.66. The molecule has 30 heavy (non-hydrogen) atoms. The lowest BCUT2D eigenvalue weighted by atomic mass is 10.2. The fraction of sp³-hybridized carbons (Fsp3) is 0.571. The van der Waals surface area contributed by atoms with Crippen LogP contribution in [0.3, 0.4) is 0 Å². The average molecular weight is 419 g/mol. The number of guanidine groups is 1. The van der Waals surface area contributed by atoms with Crippen molar-refractivity contribution in [1.82, 2.24) is 25.4 Å². The van der Waals surface area contributed by atoms with Crippen LogP contribution >= 0.6 is 0 Å². The van der Waals surface area contributed by atoms with Crippen LogP contribution in [0.15, 0.2) is 29.3 Å². The topological polar surface area (TPSA) is 85.6 Å². The monoisotopic (exact) mass is 418 g/mol. The Kier molecular flexibility index (Phi) is 8.01. The van der Waals surface area contributed by atoms with E-state index in [9.17, 15) is 4.39 Å². The molecule has 1 fully saturated rings. The number of nitrogens with one attached hydrogen (secondary N) is 2. The summed E-state index contributed by atoms with van der Waals surface area (Å²) in [6.45, 7) is 6.37.